The Labute approximate surface area is 289 Å². The summed E-state index contributed by atoms with van der Waals surface area (Å²) in [4.78, 5) is 2.34. The Morgan fingerprint density at radius 1 is 0.327 bits per heavy atom. The van der Waals surface area contributed by atoms with Crippen LogP contribution in [0.25, 0.3) is 55.3 Å². The van der Waals surface area contributed by atoms with Crippen LogP contribution >= 0.6 is 0 Å². The fraction of sp³-hybridized carbons (Fsp3) is 0.0417. The molecule has 0 aromatic heterocycles. The lowest BCUT2D eigenvalue weighted by Crippen LogP contribution is -2.09. The van der Waals surface area contributed by atoms with Crippen molar-refractivity contribution in [1.82, 2.24) is 0 Å². The number of hydrogen-bond acceptors (Lipinski definition) is 1. The molecule has 0 spiro atoms. The van der Waals surface area contributed by atoms with Gasteiger partial charge < -0.3 is 4.90 Å². The second-order valence-electron chi connectivity index (χ2n) is 12.7. The van der Waals surface area contributed by atoms with Crippen LogP contribution in [0.3, 0.4) is 0 Å². The van der Waals surface area contributed by atoms with E-state index in [1.807, 2.05) is 0 Å². The van der Waals surface area contributed by atoms with Gasteiger partial charge >= 0.3 is 0 Å². The van der Waals surface area contributed by atoms with Crippen LogP contribution in [0.15, 0.2) is 188 Å². The average Bonchev–Trinajstić information content (AvgIpc) is 3.16. The zero-order valence-electron chi connectivity index (χ0n) is 27.8. The van der Waals surface area contributed by atoms with Crippen LogP contribution < -0.4 is 4.90 Å². The molecule has 49 heavy (non-hydrogen) atoms. The topological polar surface area (TPSA) is 3.24 Å². The highest BCUT2D eigenvalue weighted by Gasteiger charge is 2.15. The Morgan fingerprint density at radius 2 is 0.714 bits per heavy atom. The van der Waals surface area contributed by atoms with E-state index < -0.39 is 0 Å². The third-order valence-corrected chi connectivity index (χ3v) is 9.52. The van der Waals surface area contributed by atoms with Gasteiger partial charge in [0.1, 0.15) is 0 Å². The maximum atomic E-state index is 2.34. The van der Waals surface area contributed by atoms with Gasteiger partial charge in [-0.25, -0.2) is 0 Å². The number of benzene rings is 8. The largest absolute Gasteiger partial charge is 0.311 e. The molecule has 0 atom stereocenters. The smallest absolute Gasteiger partial charge is 0.0462 e. The zero-order valence-corrected chi connectivity index (χ0v) is 27.8. The van der Waals surface area contributed by atoms with E-state index in [1.165, 1.54) is 66.4 Å². The summed E-state index contributed by atoms with van der Waals surface area (Å²) in [5.41, 5.74) is 15.8. The molecule has 8 rings (SSSR count). The number of fused-ring (bicyclic) bond motifs is 1. The summed E-state index contributed by atoms with van der Waals surface area (Å²) in [6.07, 6.45) is 0. The van der Waals surface area contributed by atoms with Crippen molar-refractivity contribution in [2.45, 2.75) is 13.8 Å². The minimum atomic E-state index is 1.12. The second kappa shape index (κ2) is 13.1. The average molecular weight is 628 g/mol. The first-order chi connectivity index (χ1) is 24.1. The molecule has 0 bridgehead atoms. The molecule has 0 aliphatic carbocycles. The zero-order chi connectivity index (χ0) is 33.2. The highest BCUT2D eigenvalue weighted by molar-refractivity contribution is 5.98. The van der Waals surface area contributed by atoms with Gasteiger partial charge in [-0.2, -0.15) is 0 Å². The molecule has 0 amide bonds. The van der Waals surface area contributed by atoms with Gasteiger partial charge in [0, 0.05) is 17.1 Å². The molecule has 234 valence electrons. The molecule has 0 unspecified atom stereocenters. The molecule has 0 saturated carbocycles. The Bertz CT molecular complexity index is 2240. The van der Waals surface area contributed by atoms with Gasteiger partial charge in [-0.15, -0.1) is 0 Å². The molecule has 0 heterocycles. The van der Waals surface area contributed by atoms with Gasteiger partial charge in [-0.1, -0.05) is 152 Å². The molecular formula is C48H37N. The minimum Gasteiger partial charge on any atom is -0.311 e. The van der Waals surface area contributed by atoms with E-state index in [9.17, 15) is 0 Å². The van der Waals surface area contributed by atoms with Crippen molar-refractivity contribution in [2.75, 3.05) is 4.90 Å². The highest BCUT2D eigenvalue weighted by atomic mass is 15.1. The molecule has 0 aliphatic rings. The van der Waals surface area contributed by atoms with Crippen molar-refractivity contribution in [2.24, 2.45) is 0 Å². The van der Waals surface area contributed by atoms with E-state index in [4.69, 9.17) is 0 Å². The Hall–Kier alpha value is -6.18. The van der Waals surface area contributed by atoms with E-state index in [2.05, 4.69) is 207 Å². The monoisotopic (exact) mass is 627 g/mol. The van der Waals surface area contributed by atoms with Gasteiger partial charge in [-0.3, -0.25) is 0 Å². The fourth-order valence-corrected chi connectivity index (χ4v) is 7.12. The molecule has 8 aromatic carbocycles. The van der Waals surface area contributed by atoms with Crippen LogP contribution in [0.4, 0.5) is 17.1 Å². The van der Waals surface area contributed by atoms with Crippen LogP contribution in [0.2, 0.25) is 0 Å². The third-order valence-electron chi connectivity index (χ3n) is 9.52. The number of aryl methyl sites for hydroxylation is 2. The molecular weight excluding hydrogens is 591 g/mol. The van der Waals surface area contributed by atoms with Crippen LogP contribution in [-0.2, 0) is 0 Å². The maximum absolute atomic E-state index is 2.34. The summed E-state index contributed by atoms with van der Waals surface area (Å²) in [6.45, 7) is 4.48. The summed E-state index contributed by atoms with van der Waals surface area (Å²) in [5.74, 6) is 0. The Morgan fingerprint density at radius 3 is 1.20 bits per heavy atom. The Kier molecular flexibility index (Phi) is 8.09. The standard InChI is InChI=1S/C48H37N/c1-34-32-42(33-35(2)48(34)47-19-11-17-41-16-9-10-18-46(41)47)40-24-30-45(31-25-40)49(43-26-20-38(21-27-43)36-12-5-3-6-13-36)44-28-22-39(23-29-44)37-14-7-4-8-15-37/h3-33H,1-2H3. The molecule has 0 N–H and O–H groups in total. The van der Waals surface area contributed by atoms with Gasteiger partial charge in [-0.05, 0) is 117 Å². The van der Waals surface area contributed by atoms with Crippen molar-refractivity contribution in [3.63, 3.8) is 0 Å². The molecule has 1 nitrogen and oxygen atoms in total. The maximum Gasteiger partial charge on any atom is 0.0462 e. The first kappa shape index (κ1) is 30.2. The number of nitrogens with zero attached hydrogens (tertiary/aromatic N) is 1. The first-order valence-electron chi connectivity index (χ1n) is 16.9. The summed E-state index contributed by atoms with van der Waals surface area (Å²) in [6, 6.07) is 67.8. The summed E-state index contributed by atoms with van der Waals surface area (Å²) in [7, 11) is 0. The van der Waals surface area contributed by atoms with E-state index >= 15 is 0 Å². The fourth-order valence-electron chi connectivity index (χ4n) is 7.12. The lowest BCUT2D eigenvalue weighted by Gasteiger charge is -2.26. The van der Waals surface area contributed by atoms with Crippen LogP contribution in [0.5, 0.6) is 0 Å². The van der Waals surface area contributed by atoms with E-state index in [-0.39, 0.29) is 0 Å². The third kappa shape index (κ3) is 6.04. The van der Waals surface area contributed by atoms with Gasteiger partial charge in [0.15, 0.2) is 0 Å². The van der Waals surface area contributed by atoms with Gasteiger partial charge in [0.05, 0.1) is 0 Å². The van der Waals surface area contributed by atoms with Crippen molar-refractivity contribution < 1.29 is 0 Å². The lowest BCUT2D eigenvalue weighted by atomic mass is 9.89. The van der Waals surface area contributed by atoms with Gasteiger partial charge in [0.2, 0.25) is 0 Å². The molecule has 1 heteroatoms. The SMILES string of the molecule is Cc1cc(-c2ccc(N(c3ccc(-c4ccccc4)cc3)c3ccc(-c4ccccc4)cc3)cc2)cc(C)c1-c1cccc2ccccc12. The normalized spacial score (nSPS) is 11.1. The quantitative estimate of drug-likeness (QED) is 0.170. The van der Waals surface area contributed by atoms with E-state index in [1.54, 1.807) is 0 Å². The molecule has 8 aromatic rings. The van der Waals surface area contributed by atoms with Crippen molar-refractivity contribution in [3.8, 4) is 44.5 Å². The van der Waals surface area contributed by atoms with E-state index in [0.717, 1.165) is 17.1 Å². The number of rotatable bonds is 7. The predicted molar refractivity (Wildman–Crippen MR) is 210 cm³/mol. The summed E-state index contributed by atoms with van der Waals surface area (Å²) < 4.78 is 0. The minimum absolute atomic E-state index is 1.12. The van der Waals surface area contributed by atoms with E-state index in [0.29, 0.717) is 0 Å². The highest BCUT2D eigenvalue weighted by Crippen LogP contribution is 2.39. The number of hydrogen-bond donors (Lipinski definition) is 0. The second-order valence-corrected chi connectivity index (χ2v) is 12.7. The van der Waals surface area contributed by atoms with Crippen molar-refractivity contribution in [3.05, 3.63) is 199 Å². The predicted octanol–water partition coefficient (Wildman–Crippen LogP) is 13.6. The Balaban J connectivity index is 1.15. The molecule has 0 radical (unpaired) electrons. The van der Waals surface area contributed by atoms with Gasteiger partial charge in [0.25, 0.3) is 0 Å². The van der Waals surface area contributed by atoms with Crippen molar-refractivity contribution in [1.29, 1.82) is 0 Å². The van der Waals surface area contributed by atoms with Crippen LogP contribution in [0, 0.1) is 13.8 Å². The number of anilines is 3. The molecule has 0 aliphatic heterocycles. The lowest BCUT2D eigenvalue weighted by molar-refractivity contribution is 1.28. The van der Waals surface area contributed by atoms with Crippen LogP contribution in [0.1, 0.15) is 11.1 Å². The summed E-state index contributed by atoms with van der Waals surface area (Å²) >= 11 is 0. The molecule has 0 fully saturated rings. The first-order valence-corrected chi connectivity index (χ1v) is 16.9. The summed E-state index contributed by atoms with van der Waals surface area (Å²) in [5, 5.41) is 2.56. The van der Waals surface area contributed by atoms with Crippen LogP contribution in [-0.4, -0.2) is 0 Å². The van der Waals surface area contributed by atoms with Crippen molar-refractivity contribution >= 4 is 27.8 Å². The molecule has 0 saturated heterocycles.